The Morgan fingerprint density at radius 2 is 2.00 bits per heavy atom. The van der Waals surface area contributed by atoms with Gasteiger partial charge in [0.1, 0.15) is 6.61 Å². The summed E-state index contributed by atoms with van der Waals surface area (Å²) in [5.74, 6) is -0.231. The monoisotopic (exact) mass is 353 g/mol. The smallest absolute Gasteiger partial charge is 0.417 e. The van der Waals surface area contributed by atoms with Gasteiger partial charge in [0.2, 0.25) is 5.91 Å². The topological polar surface area (TPSA) is 46.6 Å². The normalized spacial score (nSPS) is 20.3. The van der Waals surface area contributed by atoms with Gasteiger partial charge >= 0.3 is 6.09 Å². The zero-order chi connectivity index (χ0) is 15.6. The Bertz CT molecular complexity index is 524. The van der Waals surface area contributed by atoms with Crippen LogP contribution in [0.25, 0.3) is 0 Å². The number of carbonyl (C=O) groups excluding carboxylic acids is 2. The molecule has 0 spiro atoms. The van der Waals surface area contributed by atoms with Crippen molar-refractivity contribution in [1.29, 1.82) is 0 Å². The summed E-state index contributed by atoms with van der Waals surface area (Å²) < 4.78 is 5.08. The minimum absolute atomic E-state index is 0.231. The van der Waals surface area contributed by atoms with Gasteiger partial charge in [-0.15, -0.1) is 0 Å². The van der Waals surface area contributed by atoms with Crippen LogP contribution in [0.5, 0.6) is 0 Å². The molecular weight excluding hydrogens is 334 g/mol. The Hall–Kier alpha value is -1.36. The first-order valence-corrected chi connectivity index (χ1v) is 7.90. The van der Waals surface area contributed by atoms with Crippen LogP contribution in [0.4, 0.5) is 4.79 Å². The van der Waals surface area contributed by atoms with E-state index in [4.69, 9.17) is 4.74 Å². The summed E-state index contributed by atoms with van der Waals surface area (Å²) >= 11 is 3.42. The van der Waals surface area contributed by atoms with E-state index in [0.29, 0.717) is 6.42 Å². The van der Waals surface area contributed by atoms with Crippen LogP contribution in [-0.2, 0) is 16.0 Å². The minimum Gasteiger partial charge on any atom is -0.447 e. The third kappa shape index (κ3) is 3.64. The number of hydrogen-bond donors (Lipinski definition) is 0. The van der Waals surface area contributed by atoms with Gasteiger partial charge in [0.15, 0.2) is 0 Å². The molecule has 0 saturated carbocycles. The van der Waals surface area contributed by atoms with E-state index in [2.05, 4.69) is 15.9 Å². The van der Waals surface area contributed by atoms with Gasteiger partial charge in [0, 0.05) is 0 Å². The largest absolute Gasteiger partial charge is 0.447 e. The van der Waals surface area contributed by atoms with Crippen LogP contribution >= 0.6 is 15.9 Å². The van der Waals surface area contributed by atoms with Crippen LogP contribution in [0.3, 0.4) is 0 Å². The van der Waals surface area contributed by atoms with Crippen molar-refractivity contribution in [2.75, 3.05) is 6.61 Å². The van der Waals surface area contributed by atoms with Gasteiger partial charge in [-0.2, -0.15) is 0 Å². The summed E-state index contributed by atoms with van der Waals surface area (Å²) in [7, 11) is 0. The molecule has 0 aromatic heterocycles. The van der Waals surface area contributed by atoms with Crippen LogP contribution in [0.2, 0.25) is 0 Å². The lowest BCUT2D eigenvalue weighted by atomic mass is 9.91. The first-order chi connectivity index (χ1) is 9.80. The summed E-state index contributed by atoms with van der Waals surface area (Å²) in [5.41, 5.74) is 0.817. The molecule has 2 atom stereocenters. The molecule has 1 saturated heterocycles. The van der Waals surface area contributed by atoms with Gasteiger partial charge in [0.05, 0.1) is 10.9 Å². The van der Waals surface area contributed by atoms with Crippen molar-refractivity contribution in [2.45, 2.75) is 38.1 Å². The summed E-state index contributed by atoms with van der Waals surface area (Å²) in [5, 5.41) is 0. The summed E-state index contributed by atoms with van der Waals surface area (Å²) in [4.78, 5) is 25.3. The fraction of sp³-hybridized carbons (Fsp3) is 0.500. The van der Waals surface area contributed by atoms with E-state index < -0.39 is 10.9 Å². The molecule has 1 fully saturated rings. The SMILES string of the molecule is CC(C)(C)[C@H](Br)C(=O)N1C(=O)OC[C@@H]1Cc1ccccc1. The Labute approximate surface area is 133 Å². The Balaban J connectivity index is 2.15. The Morgan fingerprint density at radius 3 is 2.57 bits per heavy atom. The molecule has 0 bridgehead atoms. The van der Waals surface area contributed by atoms with E-state index in [0.717, 1.165) is 5.56 Å². The van der Waals surface area contributed by atoms with Crippen molar-refractivity contribution < 1.29 is 14.3 Å². The van der Waals surface area contributed by atoms with E-state index >= 15 is 0 Å². The average Bonchev–Trinajstić information content (AvgIpc) is 2.78. The molecule has 21 heavy (non-hydrogen) atoms. The number of ether oxygens (including phenoxy) is 1. The van der Waals surface area contributed by atoms with E-state index in [1.807, 2.05) is 51.1 Å². The van der Waals surface area contributed by atoms with Gasteiger partial charge < -0.3 is 4.74 Å². The number of rotatable bonds is 3. The van der Waals surface area contributed by atoms with Crippen LogP contribution in [0, 0.1) is 5.41 Å². The van der Waals surface area contributed by atoms with Gasteiger partial charge in [-0.05, 0) is 17.4 Å². The number of hydrogen-bond acceptors (Lipinski definition) is 3. The molecule has 1 aliphatic rings. The molecule has 1 heterocycles. The Kier molecular flexibility index (Phi) is 4.71. The number of amides is 2. The zero-order valence-electron chi connectivity index (χ0n) is 12.5. The minimum atomic E-state index is -0.547. The predicted octanol–water partition coefficient (Wildman–Crippen LogP) is 3.39. The van der Waals surface area contributed by atoms with Crippen LogP contribution in [-0.4, -0.2) is 34.4 Å². The molecule has 0 N–H and O–H groups in total. The fourth-order valence-corrected chi connectivity index (χ4v) is 2.48. The number of carbonyl (C=O) groups is 2. The van der Waals surface area contributed by atoms with E-state index in [1.54, 1.807) is 0 Å². The first-order valence-electron chi connectivity index (χ1n) is 6.98. The molecule has 0 aliphatic carbocycles. The fourth-order valence-electron chi connectivity index (χ4n) is 2.26. The van der Waals surface area contributed by atoms with Gasteiger partial charge in [-0.25, -0.2) is 9.69 Å². The maximum atomic E-state index is 12.6. The van der Waals surface area contributed by atoms with E-state index in [9.17, 15) is 9.59 Å². The molecule has 0 radical (unpaired) electrons. The first kappa shape index (κ1) is 16.0. The summed E-state index contributed by atoms with van der Waals surface area (Å²) in [6.45, 7) is 6.12. The molecular formula is C16H20BrNO3. The van der Waals surface area contributed by atoms with Crippen molar-refractivity contribution in [3.63, 3.8) is 0 Å². The highest BCUT2D eigenvalue weighted by Crippen LogP contribution is 2.30. The van der Waals surface area contributed by atoms with E-state index in [-0.39, 0.29) is 24.0 Å². The predicted molar refractivity (Wildman–Crippen MR) is 84.3 cm³/mol. The number of alkyl halides is 1. The van der Waals surface area contributed by atoms with Crippen LogP contribution < -0.4 is 0 Å². The number of nitrogens with zero attached hydrogens (tertiary/aromatic N) is 1. The van der Waals surface area contributed by atoms with Gasteiger partial charge in [-0.1, -0.05) is 67.0 Å². The lowest BCUT2D eigenvalue weighted by Gasteiger charge is -2.29. The second-order valence-corrected chi connectivity index (χ2v) is 7.27. The Morgan fingerprint density at radius 1 is 1.38 bits per heavy atom. The molecule has 2 rings (SSSR count). The van der Waals surface area contributed by atoms with Crippen molar-refractivity contribution in [3.05, 3.63) is 35.9 Å². The second-order valence-electron chi connectivity index (χ2n) is 6.36. The molecule has 2 amide bonds. The van der Waals surface area contributed by atoms with Crippen molar-refractivity contribution in [3.8, 4) is 0 Å². The molecule has 1 aromatic carbocycles. The zero-order valence-corrected chi connectivity index (χ0v) is 14.1. The second kappa shape index (κ2) is 6.18. The quantitative estimate of drug-likeness (QED) is 0.782. The standard InChI is InChI=1S/C16H20BrNO3/c1-16(2,3)13(17)14(19)18-12(10-21-15(18)20)9-11-7-5-4-6-8-11/h4-8,12-13H,9-10H2,1-3H3/t12-,13+/m0/s1. The maximum absolute atomic E-state index is 12.6. The highest BCUT2D eigenvalue weighted by molar-refractivity contribution is 9.10. The number of imide groups is 1. The summed E-state index contributed by atoms with van der Waals surface area (Å²) in [6, 6.07) is 9.57. The van der Waals surface area contributed by atoms with Crippen molar-refractivity contribution >= 4 is 27.9 Å². The average molecular weight is 354 g/mol. The molecule has 114 valence electrons. The molecule has 1 aromatic rings. The van der Waals surface area contributed by atoms with Crippen molar-refractivity contribution in [2.24, 2.45) is 5.41 Å². The summed E-state index contributed by atoms with van der Waals surface area (Å²) in [6.07, 6.45) is 0.0666. The van der Waals surface area contributed by atoms with Gasteiger partial charge in [0.25, 0.3) is 0 Å². The third-order valence-corrected chi connectivity index (χ3v) is 5.25. The maximum Gasteiger partial charge on any atom is 0.417 e. The van der Waals surface area contributed by atoms with E-state index in [1.165, 1.54) is 4.90 Å². The molecule has 5 heteroatoms. The number of benzene rings is 1. The van der Waals surface area contributed by atoms with Crippen LogP contribution in [0.1, 0.15) is 26.3 Å². The molecule has 1 aliphatic heterocycles. The van der Waals surface area contributed by atoms with Crippen LogP contribution in [0.15, 0.2) is 30.3 Å². The molecule has 4 nitrogen and oxygen atoms in total. The number of cyclic esters (lactones) is 1. The lowest BCUT2D eigenvalue weighted by Crippen LogP contribution is -2.47. The highest BCUT2D eigenvalue weighted by atomic mass is 79.9. The lowest BCUT2D eigenvalue weighted by molar-refractivity contribution is -0.130. The van der Waals surface area contributed by atoms with Gasteiger partial charge in [-0.3, -0.25) is 4.79 Å². The third-order valence-electron chi connectivity index (χ3n) is 3.49. The molecule has 0 unspecified atom stereocenters. The highest BCUT2D eigenvalue weighted by Gasteiger charge is 2.43. The number of halogens is 1. The van der Waals surface area contributed by atoms with Crippen molar-refractivity contribution in [1.82, 2.24) is 4.90 Å².